The lowest BCUT2D eigenvalue weighted by molar-refractivity contribution is -0.118. The predicted molar refractivity (Wildman–Crippen MR) is 81.0 cm³/mol. The summed E-state index contributed by atoms with van der Waals surface area (Å²) in [4.78, 5) is 16.8. The Morgan fingerprint density at radius 1 is 1.00 bits per heavy atom. The van der Waals surface area contributed by atoms with Crippen LogP contribution < -0.4 is 0 Å². The van der Waals surface area contributed by atoms with Gasteiger partial charge in [0.2, 0.25) is 0 Å². The van der Waals surface area contributed by atoms with Gasteiger partial charge < -0.3 is 0 Å². The Labute approximate surface area is 119 Å². The lowest BCUT2D eigenvalue weighted by atomic mass is 9.90. The molecule has 100 valence electrons. The van der Waals surface area contributed by atoms with E-state index in [1.807, 2.05) is 48.5 Å². The van der Waals surface area contributed by atoms with Gasteiger partial charge in [-0.2, -0.15) is 0 Å². The van der Waals surface area contributed by atoms with Crippen molar-refractivity contribution < 1.29 is 4.79 Å². The van der Waals surface area contributed by atoms with Crippen LogP contribution in [0.1, 0.15) is 30.5 Å². The van der Waals surface area contributed by atoms with Gasteiger partial charge in [-0.25, -0.2) is 0 Å². The van der Waals surface area contributed by atoms with Crippen molar-refractivity contribution in [1.29, 1.82) is 0 Å². The van der Waals surface area contributed by atoms with Crippen LogP contribution in [-0.2, 0) is 4.79 Å². The summed E-state index contributed by atoms with van der Waals surface area (Å²) in [5.41, 5.74) is 3.18. The van der Waals surface area contributed by atoms with Crippen molar-refractivity contribution in [2.24, 2.45) is 10.9 Å². The molecule has 0 bridgehead atoms. The molecule has 20 heavy (non-hydrogen) atoms. The molecule has 0 N–H and O–H groups in total. The zero-order valence-electron chi connectivity index (χ0n) is 11.5. The molecular formula is C18H17NO. The van der Waals surface area contributed by atoms with Crippen LogP contribution in [0.15, 0.2) is 65.7 Å². The summed E-state index contributed by atoms with van der Waals surface area (Å²) in [6.07, 6.45) is 0.781. The van der Waals surface area contributed by atoms with Crippen molar-refractivity contribution in [1.82, 2.24) is 0 Å². The fraction of sp³-hybridized carbons (Fsp3) is 0.222. The maximum atomic E-state index is 11.9. The van der Waals surface area contributed by atoms with Gasteiger partial charge in [0.15, 0.2) is 0 Å². The van der Waals surface area contributed by atoms with E-state index in [0.29, 0.717) is 0 Å². The summed E-state index contributed by atoms with van der Waals surface area (Å²) in [5, 5.41) is 0. The number of nitrogens with zero attached hydrogens (tertiary/aromatic N) is 1. The first-order valence-electron chi connectivity index (χ1n) is 6.94. The Morgan fingerprint density at radius 2 is 1.60 bits per heavy atom. The van der Waals surface area contributed by atoms with E-state index in [4.69, 9.17) is 4.99 Å². The van der Waals surface area contributed by atoms with E-state index in [1.165, 1.54) is 5.56 Å². The lowest BCUT2D eigenvalue weighted by Gasteiger charge is -2.10. The largest absolute Gasteiger partial charge is 0.299 e. The smallest absolute Gasteiger partial charge is 0.138 e. The van der Waals surface area contributed by atoms with E-state index in [2.05, 4.69) is 12.1 Å². The van der Waals surface area contributed by atoms with E-state index in [1.54, 1.807) is 6.92 Å². The molecule has 1 heterocycles. The molecule has 2 atom stereocenters. The number of ketones is 1. The zero-order chi connectivity index (χ0) is 13.9. The molecule has 1 aliphatic heterocycles. The van der Waals surface area contributed by atoms with Crippen LogP contribution in [0.2, 0.25) is 0 Å². The first-order chi connectivity index (χ1) is 9.75. The summed E-state index contributed by atoms with van der Waals surface area (Å²) in [5.74, 6) is 0.119. The molecule has 0 saturated heterocycles. The van der Waals surface area contributed by atoms with Crippen LogP contribution >= 0.6 is 0 Å². The van der Waals surface area contributed by atoms with Crippen molar-refractivity contribution in [3.8, 4) is 0 Å². The molecule has 0 fully saturated rings. The maximum Gasteiger partial charge on any atom is 0.138 e. The molecule has 2 heteroatoms. The third-order valence-electron chi connectivity index (χ3n) is 3.83. The monoisotopic (exact) mass is 263 g/mol. The third-order valence-corrected chi connectivity index (χ3v) is 3.83. The summed E-state index contributed by atoms with van der Waals surface area (Å²) >= 11 is 0. The first kappa shape index (κ1) is 12.8. The van der Waals surface area contributed by atoms with Crippen LogP contribution in [0.4, 0.5) is 0 Å². The molecule has 2 unspecified atom stereocenters. The van der Waals surface area contributed by atoms with E-state index < -0.39 is 0 Å². The minimum Gasteiger partial charge on any atom is -0.299 e. The molecule has 0 spiro atoms. The molecule has 0 saturated carbocycles. The Bertz CT molecular complexity index is 631. The van der Waals surface area contributed by atoms with Crippen molar-refractivity contribution in [2.75, 3.05) is 0 Å². The fourth-order valence-corrected chi connectivity index (χ4v) is 2.77. The van der Waals surface area contributed by atoms with Crippen molar-refractivity contribution in [3.05, 3.63) is 71.8 Å². The fourth-order valence-electron chi connectivity index (χ4n) is 2.77. The number of rotatable bonds is 3. The van der Waals surface area contributed by atoms with E-state index >= 15 is 0 Å². The Kier molecular flexibility index (Phi) is 3.46. The quantitative estimate of drug-likeness (QED) is 0.827. The zero-order valence-corrected chi connectivity index (χ0v) is 11.5. The topological polar surface area (TPSA) is 29.4 Å². The third kappa shape index (κ3) is 2.42. The van der Waals surface area contributed by atoms with E-state index in [9.17, 15) is 4.79 Å². The van der Waals surface area contributed by atoms with E-state index in [0.717, 1.165) is 17.7 Å². The summed E-state index contributed by atoms with van der Waals surface area (Å²) in [6, 6.07) is 20.3. The average Bonchev–Trinajstić information content (AvgIpc) is 2.94. The number of hydrogen-bond acceptors (Lipinski definition) is 2. The molecule has 2 aromatic rings. The van der Waals surface area contributed by atoms with Crippen LogP contribution in [0.3, 0.4) is 0 Å². The molecule has 1 aliphatic rings. The van der Waals surface area contributed by atoms with Crippen molar-refractivity contribution >= 4 is 11.5 Å². The standard InChI is InChI=1S/C18H17NO/c1-13(20)16-12-17(14-8-4-2-5-9-14)19-18(16)15-10-6-3-7-11-15/h2-11,16-17H,12H2,1H3. The Morgan fingerprint density at radius 3 is 2.20 bits per heavy atom. The maximum absolute atomic E-state index is 11.9. The Balaban J connectivity index is 1.98. The summed E-state index contributed by atoms with van der Waals surface area (Å²) in [6.45, 7) is 1.66. The molecule has 2 aromatic carbocycles. The van der Waals surface area contributed by atoms with Crippen LogP contribution in [-0.4, -0.2) is 11.5 Å². The first-order valence-corrected chi connectivity index (χ1v) is 6.94. The highest BCUT2D eigenvalue weighted by Crippen LogP contribution is 2.35. The van der Waals surface area contributed by atoms with Gasteiger partial charge in [0.25, 0.3) is 0 Å². The van der Waals surface area contributed by atoms with Gasteiger partial charge in [-0.3, -0.25) is 9.79 Å². The van der Waals surface area contributed by atoms with Gasteiger partial charge in [0.05, 0.1) is 17.7 Å². The number of aliphatic imine (C=N–C) groups is 1. The van der Waals surface area contributed by atoms with Crippen molar-refractivity contribution in [2.45, 2.75) is 19.4 Å². The molecule has 2 nitrogen and oxygen atoms in total. The number of Topliss-reactive ketones (excluding diaryl/α,β-unsaturated/α-hetero) is 1. The van der Waals surface area contributed by atoms with Gasteiger partial charge >= 0.3 is 0 Å². The lowest BCUT2D eigenvalue weighted by Crippen LogP contribution is -2.19. The molecule has 0 radical (unpaired) electrons. The summed E-state index contributed by atoms with van der Waals surface area (Å²) < 4.78 is 0. The normalized spacial score (nSPS) is 21.6. The highest BCUT2D eigenvalue weighted by atomic mass is 16.1. The van der Waals surface area contributed by atoms with Gasteiger partial charge in [0.1, 0.15) is 5.78 Å². The van der Waals surface area contributed by atoms with Crippen LogP contribution in [0, 0.1) is 5.92 Å². The van der Waals surface area contributed by atoms with Gasteiger partial charge in [-0.15, -0.1) is 0 Å². The van der Waals surface area contributed by atoms with Gasteiger partial charge in [-0.05, 0) is 24.5 Å². The second kappa shape index (κ2) is 5.41. The minimum atomic E-state index is -0.0809. The summed E-state index contributed by atoms with van der Waals surface area (Å²) in [7, 11) is 0. The highest BCUT2D eigenvalue weighted by Gasteiger charge is 2.32. The van der Waals surface area contributed by atoms with Crippen LogP contribution in [0.25, 0.3) is 0 Å². The van der Waals surface area contributed by atoms with Gasteiger partial charge in [0, 0.05) is 0 Å². The van der Waals surface area contributed by atoms with Crippen molar-refractivity contribution in [3.63, 3.8) is 0 Å². The minimum absolute atomic E-state index is 0.0809. The number of carbonyl (C=O) groups is 1. The average molecular weight is 263 g/mol. The van der Waals surface area contributed by atoms with Crippen LogP contribution in [0.5, 0.6) is 0 Å². The number of hydrogen-bond donors (Lipinski definition) is 0. The SMILES string of the molecule is CC(=O)C1CC(c2ccccc2)N=C1c1ccccc1. The molecule has 3 rings (SSSR count). The van der Waals surface area contributed by atoms with E-state index in [-0.39, 0.29) is 17.7 Å². The van der Waals surface area contributed by atoms with Gasteiger partial charge in [-0.1, -0.05) is 60.7 Å². The second-order valence-electron chi connectivity index (χ2n) is 5.21. The number of benzene rings is 2. The number of carbonyl (C=O) groups excluding carboxylic acids is 1. The molecule has 0 aliphatic carbocycles. The second-order valence-corrected chi connectivity index (χ2v) is 5.21. The molecular weight excluding hydrogens is 246 g/mol. The Hall–Kier alpha value is -2.22. The predicted octanol–water partition coefficient (Wildman–Crippen LogP) is 3.83. The molecule has 0 amide bonds. The molecule has 0 aromatic heterocycles. The highest BCUT2D eigenvalue weighted by molar-refractivity contribution is 6.14.